The van der Waals surface area contributed by atoms with E-state index in [0.717, 1.165) is 11.1 Å². The van der Waals surface area contributed by atoms with Crippen molar-refractivity contribution < 1.29 is 14.0 Å². The molecule has 0 bridgehead atoms. The van der Waals surface area contributed by atoms with Crippen LogP contribution < -0.4 is 4.90 Å². The molecule has 0 radical (unpaired) electrons. The third-order valence-electron chi connectivity index (χ3n) is 4.39. The van der Waals surface area contributed by atoms with Crippen molar-refractivity contribution in [2.24, 2.45) is 5.92 Å². The third kappa shape index (κ3) is 2.91. The van der Waals surface area contributed by atoms with Crippen molar-refractivity contribution in [2.75, 3.05) is 11.4 Å². The fourth-order valence-corrected chi connectivity index (χ4v) is 3.24. The van der Waals surface area contributed by atoms with Gasteiger partial charge in [-0.3, -0.25) is 9.59 Å². The van der Waals surface area contributed by atoms with Crippen molar-refractivity contribution in [1.82, 2.24) is 4.98 Å². The van der Waals surface area contributed by atoms with Gasteiger partial charge in [-0.1, -0.05) is 17.7 Å². The van der Waals surface area contributed by atoms with Crippen LogP contribution >= 0.6 is 11.6 Å². The average Bonchev–Trinajstić information content (AvgIpc) is 3.17. The largest absolute Gasteiger partial charge is 0.436 e. The minimum absolute atomic E-state index is 0.110. The number of fused-ring (bicyclic) bond motifs is 1. The molecule has 1 aromatic heterocycles. The van der Waals surface area contributed by atoms with E-state index in [1.165, 1.54) is 0 Å². The predicted molar refractivity (Wildman–Crippen MR) is 95.5 cm³/mol. The zero-order chi connectivity index (χ0) is 17.6. The van der Waals surface area contributed by atoms with Crippen molar-refractivity contribution in [3.8, 4) is 11.5 Å². The van der Waals surface area contributed by atoms with Gasteiger partial charge in [-0.15, -0.1) is 0 Å². The van der Waals surface area contributed by atoms with E-state index in [1.54, 1.807) is 23.1 Å². The standard InChI is InChI=1S/C19H15ClN2O3/c1-11-3-2-4-12(7-11)19-21-15-9-14(5-6-16(15)25-19)22-10-13(18(20)24)8-17(22)23/h2-7,9,13H,8,10H2,1H3/t13-/m1/s1. The lowest BCUT2D eigenvalue weighted by Crippen LogP contribution is -2.25. The van der Waals surface area contributed by atoms with Crippen LogP contribution in [0.25, 0.3) is 22.6 Å². The van der Waals surface area contributed by atoms with Gasteiger partial charge in [-0.2, -0.15) is 0 Å². The fourth-order valence-electron chi connectivity index (χ4n) is 3.09. The monoisotopic (exact) mass is 354 g/mol. The Morgan fingerprint density at radius 3 is 2.84 bits per heavy atom. The third-order valence-corrected chi connectivity index (χ3v) is 4.70. The summed E-state index contributed by atoms with van der Waals surface area (Å²) >= 11 is 5.54. The quantitative estimate of drug-likeness (QED) is 0.669. The highest BCUT2D eigenvalue weighted by Gasteiger charge is 2.34. The van der Waals surface area contributed by atoms with E-state index in [1.807, 2.05) is 31.2 Å². The van der Waals surface area contributed by atoms with Crippen molar-refractivity contribution in [3.63, 3.8) is 0 Å². The molecule has 2 heterocycles. The van der Waals surface area contributed by atoms with E-state index in [9.17, 15) is 9.59 Å². The van der Waals surface area contributed by atoms with Crippen LogP contribution in [-0.2, 0) is 9.59 Å². The van der Waals surface area contributed by atoms with Crippen molar-refractivity contribution >= 4 is 39.5 Å². The highest BCUT2D eigenvalue weighted by molar-refractivity contribution is 6.64. The number of aromatic nitrogens is 1. The van der Waals surface area contributed by atoms with Gasteiger partial charge in [0.25, 0.3) is 0 Å². The molecule has 25 heavy (non-hydrogen) atoms. The Hall–Kier alpha value is -2.66. The SMILES string of the molecule is Cc1cccc(-c2nc3cc(N4C[C@H](C(=O)Cl)CC4=O)ccc3o2)c1. The summed E-state index contributed by atoms with van der Waals surface area (Å²) in [5, 5.41) is -0.472. The lowest BCUT2D eigenvalue weighted by atomic mass is 10.1. The van der Waals surface area contributed by atoms with E-state index in [2.05, 4.69) is 4.98 Å². The number of aryl methyl sites for hydroxylation is 1. The number of carbonyl (C=O) groups excluding carboxylic acids is 2. The van der Waals surface area contributed by atoms with Gasteiger partial charge in [0.2, 0.25) is 17.0 Å². The molecule has 1 fully saturated rings. The van der Waals surface area contributed by atoms with Crippen LogP contribution in [0.4, 0.5) is 5.69 Å². The molecule has 2 aromatic carbocycles. The van der Waals surface area contributed by atoms with Gasteiger partial charge < -0.3 is 9.32 Å². The number of nitrogens with zero attached hydrogens (tertiary/aromatic N) is 2. The Labute approximate surface area is 149 Å². The Morgan fingerprint density at radius 2 is 2.12 bits per heavy atom. The van der Waals surface area contributed by atoms with Crippen LogP contribution in [-0.4, -0.2) is 22.7 Å². The van der Waals surface area contributed by atoms with E-state index >= 15 is 0 Å². The molecule has 1 aliphatic heterocycles. The van der Waals surface area contributed by atoms with Crippen molar-refractivity contribution in [1.29, 1.82) is 0 Å². The van der Waals surface area contributed by atoms with Crippen LogP contribution in [0.5, 0.6) is 0 Å². The lowest BCUT2D eigenvalue weighted by molar-refractivity contribution is -0.120. The Bertz CT molecular complexity index is 995. The van der Waals surface area contributed by atoms with Gasteiger partial charge in [-0.25, -0.2) is 4.98 Å². The highest BCUT2D eigenvalue weighted by Crippen LogP contribution is 2.31. The number of carbonyl (C=O) groups is 2. The summed E-state index contributed by atoms with van der Waals surface area (Å²) in [7, 11) is 0. The highest BCUT2D eigenvalue weighted by atomic mass is 35.5. The molecule has 1 aliphatic rings. The maximum Gasteiger partial charge on any atom is 0.227 e. The number of anilines is 1. The summed E-state index contributed by atoms with van der Waals surface area (Å²) in [6.45, 7) is 2.31. The van der Waals surface area contributed by atoms with Gasteiger partial charge in [0.1, 0.15) is 5.52 Å². The van der Waals surface area contributed by atoms with E-state index in [4.69, 9.17) is 16.0 Å². The maximum absolute atomic E-state index is 12.2. The molecule has 5 nitrogen and oxygen atoms in total. The molecule has 0 N–H and O–H groups in total. The normalized spacial score (nSPS) is 17.4. The van der Waals surface area contributed by atoms with Crippen molar-refractivity contribution in [2.45, 2.75) is 13.3 Å². The molecular formula is C19H15ClN2O3. The number of halogens is 1. The summed E-state index contributed by atoms with van der Waals surface area (Å²) in [5.74, 6) is -0.0248. The minimum atomic E-state index is -0.472. The fraction of sp³-hybridized carbons (Fsp3) is 0.211. The smallest absolute Gasteiger partial charge is 0.227 e. The molecule has 0 unspecified atom stereocenters. The number of hydrogen-bond acceptors (Lipinski definition) is 4. The zero-order valence-corrected chi connectivity index (χ0v) is 14.3. The minimum Gasteiger partial charge on any atom is -0.436 e. The van der Waals surface area contributed by atoms with Gasteiger partial charge in [0.05, 0.1) is 5.92 Å². The summed E-state index contributed by atoms with van der Waals surface area (Å²) in [6.07, 6.45) is 0.147. The van der Waals surface area contributed by atoms with Crippen LogP contribution in [0.15, 0.2) is 46.9 Å². The van der Waals surface area contributed by atoms with Crippen LogP contribution in [0.3, 0.4) is 0 Å². The second kappa shape index (κ2) is 6.01. The van der Waals surface area contributed by atoms with Gasteiger partial charge in [0.15, 0.2) is 5.58 Å². The summed E-state index contributed by atoms with van der Waals surface area (Å²) < 4.78 is 5.82. The first kappa shape index (κ1) is 15.8. The lowest BCUT2D eigenvalue weighted by Gasteiger charge is -2.15. The second-order valence-corrected chi connectivity index (χ2v) is 6.62. The van der Waals surface area contributed by atoms with Gasteiger partial charge >= 0.3 is 0 Å². The molecule has 0 spiro atoms. The van der Waals surface area contributed by atoms with Crippen LogP contribution in [0, 0.1) is 12.8 Å². The van der Waals surface area contributed by atoms with Crippen LogP contribution in [0.2, 0.25) is 0 Å². The summed E-state index contributed by atoms with van der Waals surface area (Å²) in [6, 6.07) is 13.3. The van der Waals surface area contributed by atoms with Gasteiger partial charge in [-0.05, 0) is 48.9 Å². The Morgan fingerprint density at radius 1 is 1.28 bits per heavy atom. The molecule has 126 valence electrons. The van der Waals surface area contributed by atoms with Crippen molar-refractivity contribution in [3.05, 3.63) is 48.0 Å². The number of oxazole rings is 1. The number of amides is 1. The topological polar surface area (TPSA) is 63.4 Å². The molecule has 0 saturated carbocycles. The van der Waals surface area contributed by atoms with Gasteiger partial charge in [0, 0.05) is 24.2 Å². The molecule has 4 rings (SSSR count). The van der Waals surface area contributed by atoms with E-state index in [0.29, 0.717) is 29.2 Å². The van der Waals surface area contributed by atoms with Crippen LogP contribution in [0.1, 0.15) is 12.0 Å². The zero-order valence-electron chi connectivity index (χ0n) is 13.5. The number of hydrogen-bond donors (Lipinski definition) is 0. The molecular weight excluding hydrogens is 340 g/mol. The molecule has 1 amide bonds. The molecule has 1 atom stereocenters. The molecule has 0 aliphatic carbocycles. The maximum atomic E-state index is 12.2. The summed E-state index contributed by atoms with van der Waals surface area (Å²) in [5.41, 5.74) is 4.05. The number of benzene rings is 2. The first-order chi connectivity index (χ1) is 12.0. The first-order valence-corrected chi connectivity index (χ1v) is 8.36. The average molecular weight is 355 g/mol. The number of rotatable bonds is 3. The first-order valence-electron chi connectivity index (χ1n) is 7.98. The van der Waals surface area contributed by atoms with E-state index in [-0.39, 0.29) is 12.3 Å². The molecule has 3 aromatic rings. The molecule has 1 saturated heterocycles. The Kier molecular flexibility index (Phi) is 3.81. The predicted octanol–water partition coefficient (Wildman–Crippen LogP) is 3.92. The summed E-state index contributed by atoms with van der Waals surface area (Å²) in [4.78, 5) is 29.6. The Balaban J connectivity index is 1.69. The molecule has 6 heteroatoms. The second-order valence-electron chi connectivity index (χ2n) is 6.25. The van der Waals surface area contributed by atoms with E-state index < -0.39 is 11.2 Å².